The molecule has 1 rings (SSSR count). The SMILES string of the molecule is CCN(CC)C(=O)C(C)NCC1CC=CCC1. The van der Waals surface area contributed by atoms with Gasteiger partial charge in [0.25, 0.3) is 0 Å². The summed E-state index contributed by atoms with van der Waals surface area (Å²) >= 11 is 0. The van der Waals surface area contributed by atoms with Gasteiger partial charge in [0.1, 0.15) is 0 Å². The van der Waals surface area contributed by atoms with E-state index in [0.29, 0.717) is 5.92 Å². The number of hydrogen-bond acceptors (Lipinski definition) is 2. The van der Waals surface area contributed by atoms with Crippen LogP contribution in [-0.2, 0) is 4.79 Å². The molecule has 0 saturated carbocycles. The van der Waals surface area contributed by atoms with Crippen LogP contribution >= 0.6 is 0 Å². The summed E-state index contributed by atoms with van der Waals surface area (Å²) in [6.45, 7) is 8.58. The first-order valence-electron chi connectivity index (χ1n) is 6.86. The lowest BCUT2D eigenvalue weighted by molar-refractivity contribution is -0.132. The van der Waals surface area contributed by atoms with Crippen molar-refractivity contribution in [3.8, 4) is 0 Å². The first kappa shape index (κ1) is 14.2. The van der Waals surface area contributed by atoms with Crippen LogP contribution in [0.2, 0.25) is 0 Å². The molecule has 0 spiro atoms. The monoisotopic (exact) mass is 238 g/mol. The minimum Gasteiger partial charge on any atom is -0.342 e. The average molecular weight is 238 g/mol. The van der Waals surface area contributed by atoms with E-state index in [1.807, 2.05) is 25.7 Å². The van der Waals surface area contributed by atoms with Crippen LogP contribution in [0.15, 0.2) is 12.2 Å². The lowest BCUT2D eigenvalue weighted by Crippen LogP contribution is -2.46. The molecule has 2 unspecified atom stereocenters. The van der Waals surface area contributed by atoms with Crippen LogP contribution < -0.4 is 5.32 Å². The van der Waals surface area contributed by atoms with Gasteiger partial charge in [-0.05, 0) is 52.5 Å². The summed E-state index contributed by atoms with van der Waals surface area (Å²) < 4.78 is 0. The van der Waals surface area contributed by atoms with Crippen molar-refractivity contribution in [1.29, 1.82) is 0 Å². The molecule has 0 heterocycles. The number of rotatable bonds is 6. The molecule has 0 aliphatic heterocycles. The van der Waals surface area contributed by atoms with Crippen LogP contribution in [0.4, 0.5) is 0 Å². The minimum atomic E-state index is -0.0548. The summed E-state index contributed by atoms with van der Waals surface area (Å²) in [6.07, 6.45) is 8.09. The third-order valence-electron chi connectivity index (χ3n) is 3.54. The number of carbonyl (C=O) groups excluding carboxylic acids is 1. The molecule has 1 aliphatic rings. The van der Waals surface area contributed by atoms with Gasteiger partial charge in [0, 0.05) is 13.1 Å². The van der Waals surface area contributed by atoms with Crippen LogP contribution in [0.1, 0.15) is 40.0 Å². The van der Waals surface area contributed by atoms with Crippen molar-refractivity contribution in [2.45, 2.75) is 46.1 Å². The van der Waals surface area contributed by atoms with Gasteiger partial charge in [-0.25, -0.2) is 0 Å². The standard InChI is InChI=1S/C14H26N2O/c1-4-16(5-2)14(17)12(3)15-11-13-9-7-6-8-10-13/h6-7,12-13,15H,4-5,8-11H2,1-3H3. The fourth-order valence-electron chi connectivity index (χ4n) is 2.28. The maximum Gasteiger partial charge on any atom is 0.239 e. The van der Waals surface area contributed by atoms with Gasteiger partial charge in [0.05, 0.1) is 6.04 Å². The number of carbonyl (C=O) groups is 1. The molecule has 2 atom stereocenters. The van der Waals surface area contributed by atoms with E-state index in [4.69, 9.17) is 0 Å². The van der Waals surface area contributed by atoms with E-state index >= 15 is 0 Å². The molecule has 0 radical (unpaired) electrons. The molecule has 0 aromatic carbocycles. The Kier molecular flexibility index (Phi) is 6.27. The summed E-state index contributed by atoms with van der Waals surface area (Å²) in [5.74, 6) is 0.924. The summed E-state index contributed by atoms with van der Waals surface area (Å²) in [7, 11) is 0. The first-order valence-corrected chi connectivity index (χ1v) is 6.86. The van der Waals surface area contributed by atoms with Gasteiger partial charge in [0.2, 0.25) is 5.91 Å². The lowest BCUT2D eigenvalue weighted by atomic mass is 9.94. The predicted molar refractivity (Wildman–Crippen MR) is 71.9 cm³/mol. The maximum atomic E-state index is 12.0. The molecule has 0 aromatic rings. The zero-order chi connectivity index (χ0) is 12.7. The second-order valence-corrected chi connectivity index (χ2v) is 4.79. The molecule has 0 bridgehead atoms. The highest BCUT2D eigenvalue weighted by atomic mass is 16.2. The number of nitrogens with zero attached hydrogens (tertiary/aromatic N) is 1. The van der Waals surface area contributed by atoms with E-state index in [9.17, 15) is 4.79 Å². The van der Waals surface area contributed by atoms with Gasteiger partial charge in [-0.3, -0.25) is 4.79 Å². The van der Waals surface area contributed by atoms with Crippen LogP contribution in [0.25, 0.3) is 0 Å². The van der Waals surface area contributed by atoms with Crippen LogP contribution in [0.5, 0.6) is 0 Å². The van der Waals surface area contributed by atoms with E-state index in [1.165, 1.54) is 12.8 Å². The Morgan fingerprint density at radius 1 is 1.41 bits per heavy atom. The smallest absolute Gasteiger partial charge is 0.239 e. The fourth-order valence-corrected chi connectivity index (χ4v) is 2.28. The number of amides is 1. The zero-order valence-electron chi connectivity index (χ0n) is 11.4. The van der Waals surface area contributed by atoms with Gasteiger partial charge in [-0.2, -0.15) is 0 Å². The predicted octanol–water partition coefficient (Wildman–Crippen LogP) is 2.19. The Morgan fingerprint density at radius 2 is 2.12 bits per heavy atom. The van der Waals surface area contributed by atoms with Crippen molar-refractivity contribution >= 4 is 5.91 Å². The van der Waals surface area contributed by atoms with E-state index < -0.39 is 0 Å². The van der Waals surface area contributed by atoms with Gasteiger partial charge in [0.15, 0.2) is 0 Å². The molecule has 0 saturated heterocycles. The molecular formula is C14H26N2O. The largest absolute Gasteiger partial charge is 0.342 e. The lowest BCUT2D eigenvalue weighted by Gasteiger charge is -2.25. The number of allylic oxidation sites excluding steroid dienone is 2. The van der Waals surface area contributed by atoms with Crippen LogP contribution in [0.3, 0.4) is 0 Å². The summed E-state index contributed by atoms with van der Waals surface area (Å²) in [4.78, 5) is 13.9. The summed E-state index contributed by atoms with van der Waals surface area (Å²) in [5.41, 5.74) is 0. The molecule has 1 N–H and O–H groups in total. The van der Waals surface area contributed by atoms with Gasteiger partial charge >= 0.3 is 0 Å². The van der Waals surface area contributed by atoms with Crippen LogP contribution in [0, 0.1) is 5.92 Å². The van der Waals surface area contributed by atoms with Gasteiger partial charge < -0.3 is 10.2 Å². The summed E-state index contributed by atoms with van der Waals surface area (Å²) in [6, 6.07) is -0.0548. The zero-order valence-corrected chi connectivity index (χ0v) is 11.4. The second-order valence-electron chi connectivity index (χ2n) is 4.79. The van der Waals surface area contributed by atoms with Crippen molar-refractivity contribution in [3.05, 3.63) is 12.2 Å². The molecule has 3 heteroatoms. The normalized spacial score (nSPS) is 21.2. The molecule has 1 amide bonds. The molecular weight excluding hydrogens is 212 g/mol. The number of likely N-dealkylation sites (N-methyl/N-ethyl adjacent to an activating group) is 1. The number of nitrogens with one attached hydrogen (secondary N) is 1. The maximum absolute atomic E-state index is 12.0. The van der Waals surface area contributed by atoms with Crippen molar-refractivity contribution in [2.75, 3.05) is 19.6 Å². The molecule has 0 aromatic heterocycles. The third kappa shape index (κ3) is 4.50. The van der Waals surface area contributed by atoms with E-state index in [0.717, 1.165) is 26.1 Å². The van der Waals surface area contributed by atoms with E-state index in [1.54, 1.807) is 0 Å². The van der Waals surface area contributed by atoms with E-state index in [2.05, 4.69) is 17.5 Å². The van der Waals surface area contributed by atoms with Crippen molar-refractivity contribution in [1.82, 2.24) is 10.2 Å². The van der Waals surface area contributed by atoms with Crippen molar-refractivity contribution < 1.29 is 4.79 Å². The summed E-state index contributed by atoms with van der Waals surface area (Å²) in [5, 5.41) is 3.38. The third-order valence-corrected chi connectivity index (χ3v) is 3.54. The van der Waals surface area contributed by atoms with Crippen LogP contribution in [-0.4, -0.2) is 36.5 Å². The van der Waals surface area contributed by atoms with E-state index in [-0.39, 0.29) is 11.9 Å². The molecule has 98 valence electrons. The van der Waals surface area contributed by atoms with Crippen molar-refractivity contribution in [2.24, 2.45) is 5.92 Å². The minimum absolute atomic E-state index is 0.0548. The topological polar surface area (TPSA) is 32.3 Å². The quantitative estimate of drug-likeness (QED) is 0.719. The van der Waals surface area contributed by atoms with Gasteiger partial charge in [-0.15, -0.1) is 0 Å². The Labute approximate surface area is 105 Å². The van der Waals surface area contributed by atoms with Crippen molar-refractivity contribution in [3.63, 3.8) is 0 Å². The number of hydrogen-bond donors (Lipinski definition) is 1. The average Bonchev–Trinajstić information content (AvgIpc) is 2.38. The first-order chi connectivity index (χ1) is 8.19. The highest BCUT2D eigenvalue weighted by molar-refractivity contribution is 5.81. The second kappa shape index (κ2) is 7.49. The highest BCUT2D eigenvalue weighted by Crippen LogP contribution is 2.17. The van der Waals surface area contributed by atoms with Gasteiger partial charge in [-0.1, -0.05) is 12.2 Å². The molecule has 1 aliphatic carbocycles. The molecule has 0 fully saturated rings. The highest BCUT2D eigenvalue weighted by Gasteiger charge is 2.19. The fraction of sp³-hybridized carbons (Fsp3) is 0.786. The molecule has 3 nitrogen and oxygen atoms in total. The Bertz CT molecular complexity index is 259. The Balaban J connectivity index is 2.30. The Morgan fingerprint density at radius 3 is 2.65 bits per heavy atom. The molecule has 17 heavy (non-hydrogen) atoms. The Hall–Kier alpha value is -0.830.